The molecule has 8 heterocycles. The highest BCUT2D eigenvalue weighted by Crippen LogP contribution is 2.62. The zero-order valence-electron chi connectivity index (χ0n) is 26.1. The lowest BCUT2D eigenvalue weighted by Crippen LogP contribution is -2.01. The van der Waals surface area contributed by atoms with Crippen LogP contribution in [0.25, 0.3) is 94.3 Å². The van der Waals surface area contributed by atoms with Crippen LogP contribution in [0.5, 0.6) is 0 Å². The van der Waals surface area contributed by atoms with Crippen molar-refractivity contribution in [1.29, 1.82) is 0 Å². The maximum absolute atomic E-state index is 2.33. The average molecular weight is 785 g/mol. The molecule has 0 aliphatic carbocycles. The van der Waals surface area contributed by atoms with Gasteiger partial charge in [-0.15, -0.1) is 90.7 Å². The Hall–Kier alpha value is -3.70. The molecule has 10 aromatic rings. The molecule has 8 heteroatoms. The predicted octanol–water partition coefficient (Wildman–Crippen LogP) is 16.7. The number of benzene rings is 2. The molecule has 10 rings (SSSR count). The SMILES string of the molecule is c1csc(-c2c(-c3cccs3)c(-c3cccs3)c3c(-c4cccs4)c(-c4cccs4)c(-c4cccs4)c(-c4cccs4)c3c2-c2cccs2)c1. The Labute approximate surface area is 322 Å². The van der Waals surface area contributed by atoms with Gasteiger partial charge in [-0.2, -0.15) is 0 Å². The van der Waals surface area contributed by atoms with Crippen LogP contribution in [0.2, 0.25) is 0 Å². The molecular formula is C42H24S8. The van der Waals surface area contributed by atoms with E-state index in [1.54, 1.807) is 0 Å². The van der Waals surface area contributed by atoms with Crippen LogP contribution in [0.1, 0.15) is 0 Å². The molecule has 0 spiro atoms. The first-order valence-electron chi connectivity index (χ1n) is 15.9. The van der Waals surface area contributed by atoms with Crippen LogP contribution in [-0.2, 0) is 0 Å². The van der Waals surface area contributed by atoms with Crippen molar-refractivity contribution in [2.75, 3.05) is 0 Å². The van der Waals surface area contributed by atoms with Crippen LogP contribution < -0.4 is 0 Å². The van der Waals surface area contributed by atoms with Gasteiger partial charge in [0.05, 0.1) is 0 Å². The van der Waals surface area contributed by atoms with Gasteiger partial charge >= 0.3 is 0 Å². The van der Waals surface area contributed by atoms with Crippen LogP contribution >= 0.6 is 90.7 Å². The average Bonchev–Trinajstić information content (AvgIpc) is 4.00. The number of fused-ring (bicyclic) bond motifs is 1. The minimum atomic E-state index is 1.30. The van der Waals surface area contributed by atoms with E-state index in [-0.39, 0.29) is 0 Å². The number of hydrogen-bond donors (Lipinski definition) is 0. The second kappa shape index (κ2) is 13.1. The lowest BCUT2D eigenvalue weighted by Gasteiger charge is -2.28. The van der Waals surface area contributed by atoms with E-state index in [9.17, 15) is 0 Å². The fourth-order valence-electron chi connectivity index (χ4n) is 7.09. The van der Waals surface area contributed by atoms with Crippen molar-refractivity contribution in [2.45, 2.75) is 0 Å². The second-order valence-electron chi connectivity index (χ2n) is 11.6. The highest BCUT2D eigenvalue weighted by molar-refractivity contribution is 7.17. The zero-order valence-corrected chi connectivity index (χ0v) is 32.7. The predicted molar refractivity (Wildman–Crippen MR) is 230 cm³/mol. The third kappa shape index (κ3) is 5.05. The molecule has 50 heavy (non-hydrogen) atoms. The van der Waals surface area contributed by atoms with Gasteiger partial charge in [-0.3, -0.25) is 0 Å². The molecule has 0 fully saturated rings. The maximum atomic E-state index is 2.33. The van der Waals surface area contributed by atoms with Crippen molar-refractivity contribution in [2.24, 2.45) is 0 Å². The van der Waals surface area contributed by atoms with Crippen molar-refractivity contribution in [1.82, 2.24) is 0 Å². The molecular weight excluding hydrogens is 761 g/mol. The zero-order chi connectivity index (χ0) is 33.0. The maximum Gasteiger partial charge on any atom is 0.0356 e. The van der Waals surface area contributed by atoms with Crippen molar-refractivity contribution < 1.29 is 0 Å². The van der Waals surface area contributed by atoms with Gasteiger partial charge in [-0.1, -0.05) is 48.5 Å². The molecule has 0 N–H and O–H groups in total. The molecule has 0 radical (unpaired) electrons. The molecule has 0 unspecified atom stereocenters. The Morgan fingerprint density at radius 2 is 0.360 bits per heavy atom. The third-order valence-corrected chi connectivity index (χ3v) is 16.0. The van der Waals surface area contributed by atoms with Gasteiger partial charge in [0.1, 0.15) is 0 Å². The van der Waals surface area contributed by atoms with E-state index in [1.165, 1.54) is 94.3 Å². The van der Waals surface area contributed by atoms with Crippen LogP contribution in [-0.4, -0.2) is 0 Å². The summed E-state index contributed by atoms with van der Waals surface area (Å²) in [5.41, 5.74) is 10.6. The fraction of sp³-hybridized carbons (Fsp3) is 0. The van der Waals surface area contributed by atoms with Crippen molar-refractivity contribution in [3.8, 4) is 83.5 Å². The summed E-state index contributed by atoms with van der Waals surface area (Å²) in [6.07, 6.45) is 0. The van der Waals surface area contributed by atoms with Gasteiger partial charge in [0.15, 0.2) is 0 Å². The molecule has 0 saturated heterocycles. The molecule has 0 aliphatic rings. The van der Waals surface area contributed by atoms with Gasteiger partial charge < -0.3 is 0 Å². The number of rotatable bonds is 8. The summed E-state index contributed by atoms with van der Waals surface area (Å²) in [7, 11) is 0. The fourth-order valence-corrected chi connectivity index (χ4v) is 13.4. The summed E-state index contributed by atoms with van der Waals surface area (Å²) in [4.78, 5) is 10.4. The minimum absolute atomic E-state index is 1.30. The highest BCUT2D eigenvalue weighted by Gasteiger charge is 2.34. The Morgan fingerprint density at radius 1 is 0.200 bits per heavy atom. The Bertz CT molecular complexity index is 2260. The lowest BCUT2D eigenvalue weighted by atomic mass is 9.78. The van der Waals surface area contributed by atoms with Crippen LogP contribution in [0.15, 0.2) is 140 Å². The van der Waals surface area contributed by atoms with Crippen molar-refractivity contribution >= 4 is 101 Å². The lowest BCUT2D eigenvalue weighted by molar-refractivity contribution is 1.68. The second-order valence-corrected chi connectivity index (χ2v) is 19.1. The molecule has 0 nitrogen and oxygen atoms in total. The molecule has 0 saturated carbocycles. The van der Waals surface area contributed by atoms with Gasteiger partial charge in [0.2, 0.25) is 0 Å². The summed E-state index contributed by atoms with van der Waals surface area (Å²) >= 11 is 14.8. The van der Waals surface area contributed by atoms with Gasteiger partial charge in [0, 0.05) is 94.3 Å². The van der Waals surface area contributed by atoms with E-state index in [4.69, 9.17) is 0 Å². The highest BCUT2D eigenvalue weighted by atomic mass is 32.1. The van der Waals surface area contributed by atoms with E-state index >= 15 is 0 Å². The number of thiophene rings is 8. The third-order valence-electron chi connectivity index (χ3n) is 8.89. The van der Waals surface area contributed by atoms with E-state index in [0.717, 1.165) is 0 Å². The smallest absolute Gasteiger partial charge is 0.0356 e. The molecule has 0 bridgehead atoms. The number of hydrogen-bond acceptors (Lipinski definition) is 8. The van der Waals surface area contributed by atoms with E-state index < -0.39 is 0 Å². The van der Waals surface area contributed by atoms with Gasteiger partial charge in [0.25, 0.3) is 0 Å². The first-order chi connectivity index (χ1) is 24.9. The Balaban J connectivity index is 1.61. The van der Waals surface area contributed by atoms with Gasteiger partial charge in [-0.05, 0) is 91.6 Å². The molecule has 0 amide bonds. The summed E-state index contributed by atoms with van der Waals surface area (Å²) < 4.78 is 0. The van der Waals surface area contributed by atoms with Crippen LogP contribution in [0, 0.1) is 0 Å². The normalized spacial score (nSPS) is 11.6. The van der Waals surface area contributed by atoms with Gasteiger partial charge in [-0.25, -0.2) is 0 Å². The monoisotopic (exact) mass is 784 g/mol. The Kier molecular flexibility index (Phi) is 8.16. The van der Waals surface area contributed by atoms with E-state index in [1.807, 2.05) is 90.7 Å². The standard InChI is InChI=1S/C42H24S8/c1-9-25(43-17-1)33-34(26-10-2-18-44-26)38(30-14-6-22-48-30)42-40(32-16-8-24-50-32)36(28-12-4-20-46-28)35(27-11-3-19-45-27)39(31-15-7-23-49-31)41(42)37(33)29-13-5-21-47-29/h1-24H. The Morgan fingerprint density at radius 3 is 0.500 bits per heavy atom. The van der Waals surface area contributed by atoms with E-state index in [0.29, 0.717) is 0 Å². The van der Waals surface area contributed by atoms with Crippen LogP contribution in [0.4, 0.5) is 0 Å². The van der Waals surface area contributed by atoms with Crippen molar-refractivity contribution in [3.63, 3.8) is 0 Å². The summed E-state index contributed by atoms with van der Waals surface area (Å²) in [5.74, 6) is 0. The summed E-state index contributed by atoms with van der Waals surface area (Å²) in [5, 5.41) is 20.6. The molecule has 2 aromatic carbocycles. The van der Waals surface area contributed by atoms with Crippen LogP contribution in [0.3, 0.4) is 0 Å². The molecule has 0 aliphatic heterocycles. The largest absolute Gasteiger partial charge is 0.144 e. The molecule has 240 valence electrons. The molecule has 0 atom stereocenters. The topological polar surface area (TPSA) is 0 Å². The quantitative estimate of drug-likeness (QED) is 0.144. The minimum Gasteiger partial charge on any atom is -0.144 e. The van der Waals surface area contributed by atoms with E-state index in [2.05, 4.69) is 140 Å². The first-order valence-corrected chi connectivity index (χ1v) is 22.9. The van der Waals surface area contributed by atoms with Crippen molar-refractivity contribution in [3.05, 3.63) is 140 Å². The molecule has 8 aromatic heterocycles. The summed E-state index contributed by atoms with van der Waals surface area (Å²) in [6.45, 7) is 0. The summed E-state index contributed by atoms with van der Waals surface area (Å²) in [6, 6.07) is 36.3. The first kappa shape index (κ1) is 31.1.